The van der Waals surface area contributed by atoms with Crippen LogP contribution in [0, 0.1) is 0 Å². The van der Waals surface area contributed by atoms with E-state index in [0.29, 0.717) is 0 Å². The molecule has 46 valence electrons. The Morgan fingerprint density at radius 2 is 2.50 bits per heavy atom. The molecule has 1 nitrogen and oxygen atoms in total. The smallest absolute Gasteiger partial charge is 0.0104 e. The summed E-state index contributed by atoms with van der Waals surface area (Å²) in [6.07, 6.45) is 3.71. The van der Waals surface area contributed by atoms with Crippen LogP contribution in [0.1, 0.15) is 19.3 Å². The van der Waals surface area contributed by atoms with Gasteiger partial charge in [-0.05, 0) is 26.3 Å². The standard InChI is InChI=1S/C7H13N/c1-6-3-4-7(5-6)8-2/h7-8H,1,3-5H2,2H3/t7-/m1/s1. The monoisotopic (exact) mass is 111 g/mol. The first-order valence-corrected chi connectivity index (χ1v) is 3.17. The lowest BCUT2D eigenvalue weighted by molar-refractivity contribution is 0.588. The van der Waals surface area contributed by atoms with Crippen LogP contribution in [0.2, 0.25) is 0 Å². The highest BCUT2D eigenvalue weighted by atomic mass is 14.9. The number of rotatable bonds is 1. The van der Waals surface area contributed by atoms with Crippen molar-refractivity contribution in [3.8, 4) is 0 Å². The Labute approximate surface area is 50.8 Å². The summed E-state index contributed by atoms with van der Waals surface area (Å²) in [6, 6.07) is 0.725. The quantitative estimate of drug-likeness (QED) is 0.503. The topological polar surface area (TPSA) is 12.0 Å². The SMILES string of the molecule is C=C1CC[C@@H](NC)C1. The van der Waals surface area contributed by atoms with Crippen LogP contribution in [0.25, 0.3) is 0 Å². The molecule has 0 aromatic heterocycles. The summed E-state index contributed by atoms with van der Waals surface area (Å²) in [5.41, 5.74) is 1.41. The van der Waals surface area contributed by atoms with E-state index in [-0.39, 0.29) is 0 Å². The largest absolute Gasteiger partial charge is 0.317 e. The molecule has 0 saturated heterocycles. The van der Waals surface area contributed by atoms with Gasteiger partial charge in [0.1, 0.15) is 0 Å². The molecule has 1 atom stereocenters. The van der Waals surface area contributed by atoms with Crippen molar-refractivity contribution in [1.29, 1.82) is 0 Å². The minimum Gasteiger partial charge on any atom is -0.317 e. The first kappa shape index (κ1) is 5.83. The van der Waals surface area contributed by atoms with Crippen molar-refractivity contribution in [2.45, 2.75) is 25.3 Å². The molecule has 0 aromatic rings. The molecule has 1 saturated carbocycles. The van der Waals surface area contributed by atoms with Crippen LogP contribution in [-0.2, 0) is 0 Å². The summed E-state index contributed by atoms with van der Waals surface area (Å²) in [4.78, 5) is 0. The van der Waals surface area contributed by atoms with E-state index in [1.165, 1.54) is 24.8 Å². The highest BCUT2D eigenvalue weighted by molar-refractivity contribution is 5.04. The molecular formula is C7H13N. The number of nitrogens with one attached hydrogen (secondary N) is 1. The lowest BCUT2D eigenvalue weighted by Gasteiger charge is -2.03. The van der Waals surface area contributed by atoms with Gasteiger partial charge in [0, 0.05) is 6.04 Å². The minimum atomic E-state index is 0.725. The predicted octanol–water partition coefficient (Wildman–Crippen LogP) is 1.31. The van der Waals surface area contributed by atoms with E-state index in [0.717, 1.165) is 6.04 Å². The van der Waals surface area contributed by atoms with Crippen LogP contribution in [0.15, 0.2) is 12.2 Å². The van der Waals surface area contributed by atoms with Gasteiger partial charge < -0.3 is 5.32 Å². The van der Waals surface area contributed by atoms with Crippen molar-refractivity contribution in [3.05, 3.63) is 12.2 Å². The van der Waals surface area contributed by atoms with Crippen LogP contribution in [-0.4, -0.2) is 13.1 Å². The van der Waals surface area contributed by atoms with Crippen molar-refractivity contribution < 1.29 is 0 Å². The summed E-state index contributed by atoms with van der Waals surface area (Å²) in [5.74, 6) is 0. The Morgan fingerprint density at radius 1 is 1.75 bits per heavy atom. The van der Waals surface area contributed by atoms with Crippen LogP contribution in [0.5, 0.6) is 0 Å². The number of hydrogen-bond acceptors (Lipinski definition) is 1. The molecule has 1 N–H and O–H groups in total. The van der Waals surface area contributed by atoms with Gasteiger partial charge in [-0.15, -0.1) is 0 Å². The predicted molar refractivity (Wildman–Crippen MR) is 35.8 cm³/mol. The highest BCUT2D eigenvalue weighted by Crippen LogP contribution is 2.21. The van der Waals surface area contributed by atoms with E-state index in [9.17, 15) is 0 Å². The Bertz CT molecular complexity index is 96.6. The zero-order chi connectivity index (χ0) is 5.98. The third-order valence-electron chi connectivity index (χ3n) is 1.79. The Kier molecular flexibility index (Phi) is 1.69. The molecule has 0 aliphatic heterocycles. The fourth-order valence-corrected chi connectivity index (χ4v) is 1.18. The van der Waals surface area contributed by atoms with Crippen LogP contribution >= 0.6 is 0 Å². The molecule has 0 unspecified atom stereocenters. The maximum absolute atomic E-state index is 3.91. The third kappa shape index (κ3) is 1.10. The van der Waals surface area contributed by atoms with Crippen LogP contribution in [0.3, 0.4) is 0 Å². The minimum absolute atomic E-state index is 0.725. The van der Waals surface area contributed by atoms with E-state index in [4.69, 9.17) is 0 Å². The third-order valence-corrected chi connectivity index (χ3v) is 1.79. The summed E-state index contributed by atoms with van der Waals surface area (Å²) >= 11 is 0. The second kappa shape index (κ2) is 2.31. The summed E-state index contributed by atoms with van der Waals surface area (Å²) in [6.45, 7) is 3.91. The Hall–Kier alpha value is -0.300. The average molecular weight is 111 g/mol. The van der Waals surface area contributed by atoms with E-state index in [2.05, 4.69) is 11.9 Å². The Morgan fingerprint density at radius 3 is 2.75 bits per heavy atom. The van der Waals surface area contributed by atoms with Crippen molar-refractivity contribution >= 4 is 0 Å². The average Bonchev–Trinajstić information content (AvgIpc) is 2.14. The maximum atomic E-state index is 3.91. The van der Waals surface area contributed by atoms with E-state index < -0.39 is 0 Å². The molecule has 1 aliphatic carbocycles. The first-order chi connectivity index (χ1) is 3.83. The molecule has 0 bridgehead atoms. The maximum Gasteiger partial charge on any atom is 0.0104 e. The van der Waals surface area contributed by atoms with Gasteiger partial charge in [-0.1, -0.05) is 12.2 Å². The van der Waals surface area contributed by atoms with Gasteiger partial charge in [0.2, 0.25) is 0 Å². The second-order valence-corrected chi connectivity index (χ2v) is 2.48. The van der Waals surface area contributed by atoms with Gasteiger partial charge in [0.15, 0.2) is 0 Å². The molecule has 1 heteroatoms. The van der Waals surface area contributed by atoms with E-state index in [1.807, 2.05) is 7.05 Å². The molecule has 0 heterocycles. The molecular weight excluding hydrogens is 98.1 g/mol. The van der Waals surface area contributed by atoms with Crippen LogP contribution in [0.4, 0.5) is 0 Å². The highest BCUT2D eigenvalue weighted by Gasteiger charge is 2.14. The molecule has 1 rings (SSSR count). The van der Waals surface area contributed by atoms with Gasteiger partial charge >= 0.3 is 0 Å². The second-order valence-electron chi connectivity index (χ2n) is 2.48. The van der Waals surface area contributed by atoms with Gasteiger partial charge in [-0.3, -0.25) is 0 Å². The molecule has 0 radical (unpaired) electrons. The molecule has 1 fully saturated rings. The van der Waals surface area contributed by atoms with Crippen LogP contribution < -0.4 is 5.32 Å². The van der Waals surface area contributed by atoms with E-state index >= 15 is 0 Å². The first-order valence-electron chi connectivity index (χ1n) is 3.17. The fourth-order valence-electron chi connectivity index (χ4n) is 1.18. The summed E-state index contributed by atoms with van der Waals surface area (Å²) < 4.78 is 0. The molecule has 8 heavy (non-hydrogen) atoms. The van der Waals surface area contributed by atoms with Crippen molar-refractivity contribution in [2.75, 3.05) is 7.05 Å². The molecule has 1 aliphatic rings. The summed E-state index contributed by atoms with van der Waals surface area (Å²) in [7, 11) is 2.02. The lowest BCUT2D eigenvalue weighted by Crippen LogP contribution is -2.20. The van der Waals surface area contributed by atoms with E-state index in [1.54, 1.807) is 0 Å². The Balaban J connectivity index is 2.32. The zero-order valence-electron chi connectivity index (χ0n) is 5.41. The molecule has 0 aromatic carbocycles. The van der Waals surface area contributed by atoms with Crippen molar-refractivity contribution in [3.63, 3.8) is 0 Å². The van der Waals surface area contributed by atoms with Gasteiger partial charge in [-0.25, -0.2) is 0 Å². The summed E-state index contributed by atoms with van der Waals surface area (Å²) in [5, 5.41) is 3.23. The normalized spacial score (nSPS) is 29.1. The lowest BCUT2D eigenvalue weighted by atomic mass is 10.2. The molecule has 0 amide bonds. The molecule has 0 spiro atoms. The van der Waals surface area contributed by atoms with Gasteiger partial charge in [0.05, 0.1) is 0 Å². The fraction of sp³-hybridized carbons (Fsp3) is 0.714. The van der Waals surface area contributed by atoms with Crippen molar-refractivity contribution in [1.82, 2.24) is 5.32 Å². The van der Waals surface area contributed by atoms with Gasteiger partial charge in [0.25, 0.3) is 0 Å². The zero-order valence-corrected chi connectivity index (χ0v) is 5.41. The number of hydrogen-bond donors (Lipinski definition) is 1. The van der Waals surface area contributed by atoms with Crippen molar-refractivity contribution in [2.24, 2.45) is 0 Å². The van der Waals surface area contributed by atoms with Gasteiger partial charge in [-0.2, -0.15) is 0 Å².